The fraction of sp³-hybridized carbons (Fsp3) is 0.444. The molecule has 0 bridgehead atoms. The number of para-hydroxylation sites is 1. The monoisotopic (exact) mass is 315 g/mol. The van der Waals surface area contributed by atoms with Gasteiger partial charge < -0.3 is 4.74 Å². The molecule has 0 N–H and O–H groups in total. The van der Waals surface area contributed by atoms with Crippen molar-refractivity contribution in [1.82, 2.24) is 4.98 Å². The molecule has 0 amide bonds. The Morgan fingerprint density at radius 1 is 1.36 bits per heavy atom. The van der Waals surface area contributed by atoms with E-state index >= 15 is 0 Å². The first-order valence-electron chi connectivity index (χ1n) is 7.55. The number of rotatable bonds is 4. The Bertz CT molecular complexity index is 707. The summed E-state index contributed by atoms with van der Waals surface area (Å²) in [6.07, 6.45) is 2.18. The number of thiazole rings is 1. The van der Waals surface area contributed by atoms with Gasteiger partial charge in [0.05, 0.1) is 16.1 Å². The molecule has 0 unspecified atom stereocenters. The molecule has 116 valence electrons. The molecule has 1 aliphatic carbocycles. The minimum Gasteiger partial charge on any atom is -0.458 e. The molecule has 22 heavy (non-hydrogen) atoms. The van der Waals surface area contributed by atoms with Crippen LogP contribution in [0.25, 0.3) is 10.2 Å². The molecule has 3 nitrogen and oxygen atoms in total. The van der Waals surface area contributed by atoms with Gasteiger partial charge in [0.1, 0.15) is 11.6 Å². The van der Waals surface area contributed by atoms with Gasteiger partial charge in [-0.2, -0.15) is 0 Å². The molecule has 4 heteroatoms. The number of carbonyl (C=O) groups excluding carboxylic acids is 1. The van der Waals surface area contributed by atoms with Gasteiger partial charge in [0, 0.05) is 0 Å². The van der Waals surface area contributed by atoms with Gasteiger partial charge in [-0.15, -0.1) is 11.3 Å². The number of benzene rings is 1. The van der Waals surface area contributed by atoms with Crippen molar-refractivity contribution in [2.45, 2.75) is 34.3 Å². The number of allylic oxidation sites excluding steroid dienone is 2. The van der Waals surface area contributed by atoms with Gasteiger partial charge in [-0.1, -0.05) is 37.6 Å². The van der Waals surface area contributed by atoms with Crippen molar-refractivity contribution in [3.05, 3.63) is 40.9 Å². The van der Waals surface area contributed by atoms with Crippen LogP contribution in [0.5, 0.6) is 0 Å². The van der Waals surface area contributed by atoms with Crippen molar-refractivity contribution in [2.75, 3.05) is 0 Å². The lowest BCUT2D eigenvalue weighted by Gasteiger charge is -2.03. The summed E-state index contributed by atoms with van der Waals surface area (Å²) in [5, 5.41) is 0.853. The highest BCUT2D eigenvalue weighted by Gasteiger charge is 2.61. The highest BCUT2D eigenvalue weighted by atomic mass is 32.1. The third-order valence-electron chi connectivity index (χ3n) is 4.35. The minimum absolute atomic E-state index is 0.00193. The van der Waals surface area contributed by atoms with E-state index in [1.165, 1.54) is 5.57 Å². The summed E-state index contributed by atoms with van der Waals surface area (Å²) in [6.45, 7) is 8.66. The van der Waals surface area contributed by atoms with Gasteiger partial charge >= 0.3 is 5.97 Å². The summed E-state index contributed by atoms with van der Waals surface area (Å²) >= 11 is 1.58. The van der Waals surface area contributed by atoms with Crippen LogP contribution in [0.3, 0.4) is 0 Å². The SMILES string of the molecule is CC(C)=C[C@@H]1[C@H](C(=O)OCc2nc3ccccc3s2)C1(C)C. The number of ether oxygens (including phenoxy) is 1. The molecule has 2 atom stereocenters. The molecule has 1 saturated carbocycles. The van der Waals surface area contributed by atoms with Crippen LogP contribution in [0.4, 0.5) is 0 Å². The zero-order valence-corrected chi connectivity index (χ0v) is 14.2. The van der Waals surface area contributed by atoms with E-state index in [-0.39, 0.29) is 23.9 Å². The van der Waals surface area contributed by atoms with Crippen molar-refractivity contribution in [1.29, 1.82) is 0 Å². The molecule has 3 rings (SSSR count). The molecular weight excluding hydrogens is 294 g/mol. The summed E-state index contributed by atoms with van der Waals surface area (Å²) in [5.41, 5.74) is 2.22. The van der Waals surface area contributed by atoms with E-state index in [1.54, 1.807) is 11.3 Å². The zero-order chi connectivity index (χ0) is 15.9. The van der Waals surface area contributed by atoms with Crippen molar-refractivity contribution in [3.8, 4) is 0 Å². The summed E-state index contributed by atoms with van der Waals surface area (Å²) in [7, 11) is 0. The van der Waals surface area contributed by atoms with Crippen LogP contribution >= 0.6 is 11.3 Å². The van der Waals surface area contributed by atoms with Gasteiger partial charge in [-0.05, 0) is 37.3 Å². The number of hydrogen-bond acceptors (Lipinski definition) is 4. The minimum atomic E-state index is -0.105. The van der Waals surface area contributed by atoms with Gasteiger partial charge in [-0.25, -0.2) is 4.98 Å². The van der Waals surface area contributed by atoms with Crippen molar-refractivity contribution < 1.29 is 9.53 Å². The number of hydrogen-bond donors (Lipinski definition) is 0. The van der Waals surface area contributed by atoms with Crippen LogP contribution in [0.2, 0.25) is 0 Å². The van der Waals surface area contributed by atoms with Crippen LogP contribution < -0.4 is 0 Å². The third-order valence-corrected chi connectivity index (χ3v) is 5.36. The number of esters is 1. The highest BCUT2D eigenvalue weighted by molar-refractivity contribution is 7.18. The smallest absolute Gasteiger partial charge is 0.310 e. The largest absolute Gasteiger partial charge is 0.458 e. The Balaban J connectivity index is 1.64. The Kier molecular flexibility index (Phi) is 3.81. The molecule has 1 aromatic carbocycles. The molecule has 1 aromatic heterocycles. The number of carbonyl (C=O) groups is 1. The Morgan fingerprint density at radius 3 is 2.77 bits per heavy atom. The van der Waals surface area contributed by atoms with Crippen LogP contribution in [0.1, 0.15) is 32.7 Å². The van der Waals surface area contributed by atoms with E-state index < -0.39 is 0 Å². The van der Waals surface area contributed by atoms with Crippen LogP contribution in [-0.4, -0.2) is 11.0 Å². The van der Waals surface area contributed by atoms with Crippen molar-refractivity contribution in [3.63, 3.8) is 0 Å². The summed E-state index contributed by atoms with van der Waals surface area (Å²) in [6, 6.07) is 7.97. The lowest BCUT2D eigenvalue weighted by Crippen LogP contribution is -2.10. The first-order chi connectivity index (χ1) is 10.4. The zero-order valence-electron chi connectivity index (χ0n) is 13.4. The van der Waals surface area contributed by atoms with E-state index in [0.29, 0.717) is 5.92 Å². The predicted molar refractivity (Wildman–Crippen MR) is 89.6 cm³/mol. The maximum absolute atomic E-state index is 12.3. The molecule has 0 spiro atoms. The van der Waals surface area contributed by atoms with E-state index in [4.69, 9.17) is 4.74 Å². The van der Waals surface area contributed by atoms with E-state index in [0.717, 1.165) is 15.2 Å². The summed E-state index contributed by atoms with van der Waals surface area (Å²) < 4.78 is 6.64. The number of fused-ring (bicyclic) bond motifs is 1. The second-order valence-electron chi connectivity index (χ2n) is 6.75. The summed E-state index contributed by atoms with van der Waals surface area (Å²) in [5.74, 6) is 0.156. The number of nitrogens with zero attached hydrogens (tertiary/aromatic N) is 1. The van der Waals surface area contributed by atoms with Gasteiger partial charge in [0.15, 0.2) is 0 Å². The Labute approximate surface area is 135 Å². The van der Waals surface area contributed by atoms with E-state index in [9.17, 15) is 4.79 Å². The van der Waals surface area contributed by atoms with Crippen LogP contribution in [0, 0.1) is 17.3 Å². The lowest BCUT2D eigenvalue weighted by atomic mass is 10.1. The number of aromatic nitrogens is 1. The normalized spacial score (nSPS) is 22.4. The van der Waals surface area contributed by atoms with Gasteiger partial charge in [0.25, 0.3) is 0 Å². The second-order valence-corrected chi connectivity index (χ2v) is 7.87. The van der Waals surface area contributed by atoms with E-state index in [2.05, 4.69) is 38.8 Å². The average molecular weight is 315 g/mol. The average Bonchev–Trinajstić information content (AvgIpc) is 2.83. The predicted octanol–water partition coefficient (Wildman–Crippen LogP) is 4.58. The van der Waals surface area contributed by atoms with E-state index in [1.807, 2.05) is 24.3 Å². The fourth-order valence-corrected chi connectivity index (χ4v) is 3.88. The standard InChI is InChI=1S/C18H21NO2S/c1-11(2)9-12-16(18(12,3)4)17(20)21-10-15-19-13-7-5-6-8-14(13)22-15/h5-9,12,16H,10H2,1-4H3/t12-,16-/m1/s1. The van der Waals surface area contributed by atoms with Crippen molar-refractivity contribution >= 4 is 27.5 Å². The maximum Gasteiger partial charge on any atom is 0.310 e. The third kappa shape index (κ3) is 2.80. The van der Waals surface area contributed by atoms with Crippen LogP contribution in [0.15, 0.2) is 35.9 Å². The highest BCUT2D eigenvalue weighted by Crippen LogP contribution is 2.59. The molecule has 0 radical (unpaired) electrons. The molecule has 2 aromatic rings. The molecular formula is C18H21NO2S. The second kappa shape index (κ2) is 5.51. The van der Waals surface area contributed by atoms with Gasteiger partial charge in [0.2, 0.25) is 0 Å². The first-order valence-corrected chi connectivity index (χ1v) is 8.37. The topological polar surface area (TPSA) is 39.2 Å². The molecule has 1 aliphatic rings. The van der Waals surface area contributed by atoms with Crippen molar-refractivity contribution in [2.24, 2.45) is 17.3 Å². The Morgan fingerprint density at radius 2 is 2.09 bits per heavy atom. The molecule has 1 heterocycles. The molecule has 0 aliphatic heterocycles. The van der Waals surface area contributed by atoms with Crippen LogP contribution in [-0.2, 0) is 16.1 Å². The van der Waals surface area contributed by atoms with Gasteiger partial charge in [-0.3, -0.25) is 4.79 Å². The fourth-order valence-electron chi connectivity index (χ4n) is 3.00. The Hall–Kier alpha value is -1.68. The summed E-state index contributed by atoms with van der Waals surface area (Å²) in [4.78, 5) is 16.8. The lowest BCUT2D eigenvalue weighted by molar-refractivity contribution is -0.147. The molecule has 0 saturated heterocycles. The first kappa shape index (κ1) is 15.2. The maximum atomic E-state index is 12.3. The quantitative estimate of drug-likeness (QED) is 0.612. The molecule has 1 fully saturated rings.